The molecule has 1 unspecified atom stereocenters. The molecule has 1 aliphatic heterocycles. The third kappa shape index (κ3) is 2.10. The van der Waals surface area contributed by atoms with E-state index >= 15 is 0 Å². The maximum absolute atomic E-state index is 11.4. The molecule has 7 nitrogen and oxygen atoms in total. The minimum Gasteiger partial charge on any atom is -0.508 e. The summed E-state index contributed by atoms with van der Waals surface area (Å²) < 4.78 is 0. The second-order valence-electron chi connectivity index (χ2n) is 3.89. The van der Waals surface area contributed by atoms with E-state index in [2.05, 4.69) is 10.6 Å². The first-order chi connectivity index (χ1) is 8.49. The number of carbonyl (C=O) groups is 1. The number of amides is 2. The molecule has 0 radical (unpaired) electrons. The summed E-state index contributed by atoms with van der Waals surface area (Å²) in [7, 11) is 0. The van der Waals surface area contributed by atoms with Crippen LogP contribution in [0.25, 0.3) is 0 Å². The molecule has 1 atom stereocenters. The number of hydrogen-bond acceptors (Lipinski definition) is 4. The summed E-state index contributed by atoms with van der Waals surface area (Å²) in [5.41, 5.74) is 0.635. The number of phenols is 1. The number of nitrogens with zero attached hydrogens (tertiary/aromatic N) is 1. The van der Waals surface area contributed by atoms with Crippen LogP contribution in [0.5, 0.6) is 5.75 Å². The van der Waals surface area contributed by atoms with E-state index in [1.165, 1.54) is 31.2 Å². The average Bonchev–Trinajstić information content (AvgIpc) is 2.28. The zero-order valence-corrected chi connectivity index (χ0v) is 9.51. The standard InChI is InChI=1S/C11H11N3O4/c1-6-10(14(17)18)9(13-11(16)12-6)7-2-4-8(15)5-3-7/h2-5,9,15H,1H3,(H2,12,13,16). The van der Waals surface area contributed by atoms with Gasteiger partial charge in [0.25, 0.3) is 5.70 Å². The normalized spacial score (nSPS) is 19.2. The number of nitro groups is 1. The van der Waals surface area contributed by atoms with Crippen molar-refractivity contribution >= 4 is 6.03 Å². The number of hydrogen-bond donors (Lipinski definition) is 3. The highest BCUT2D eigenvalue weighted by atomic mass is 16.6. The van der Waals surface area contributed by atoms with Crippen LogP contribution in [0.3, 0.4) is 0 Å². The van der Waals surface area contributed by atoms with E-state index in [-0.39, 0.29) is 17.1 Å². The predicted molar refractivity (Wildman–Crippen MR) is 62.2 cm³/mol. The summed E-state index contributed by atoms with van der Waals surface area (Å²) >= 11 is 0. The lowest BCUT2D eigenvalue weighted by Gasteiger charge is -2.23. The van der Waals surface area contributed by atoms with Gasteiger partial charge in [-0.25, -0.2) is 4.79 Å². The Morgan fingerprint density at radius 3 is 2.50 bits per heavy atom. The van der Waals surface area contributed by atoms with Gasteiger partial charge in [0.05, 0.1) is 10.6 Å². The van der Waals surface area contributed by atoms with Crippen molar-refractivity contribution in [3.8, 4) is 5.75 Å². The Balaban J connectivity index is 2.46. The van der Waals surface area contributed by atoms with E-state index in [9.17, 15) is 20.0 Å². The van der Waals surface area contributed by atoms with Crippen molar-refractivity contribution in [1.82, 2.24) is 10.6 Å². The van der Waals surface area contributed by atoms with E-state index in [4.69, 9.17) is 0 Å². The smallest absolute Gasteiger partial charge is 0.320 e. The largest absolute Gasteiger partial charge is 0.508 e. The van der Waals surface area contributed by atoms with Gasteiger partial charge in [-0.05, 0) is 24.6 Å². The number of benzene rings is 1. The van der Waals surface area contributed by atoms with Gasteiger partial charge in [-0.1, -0.05) is 12.1 Å². The summed E-state index contributed by atoms with van der Waals surface area (Å²) in [6.07, 6.45) is 0. The highest BCUT2D eigenvalue weighted by molar-refractivity contribution is 5.78. The molecule has 1 aliphatic rings. The monoisotopic (exact) mass is 249 g/mol. The summed E-state index contributed by atoms with van der Waals surface area (Å²) in [5, 5.41) is 25.1. The van der Waals surface area contributed by atoms with E-state index in [1.54, 1.807) is 0 Å². The Kier molecular flexibility index (Phi) is 2.88. The van der Waals surface area contributed by atoms with Crippen molar-refractivity contribution in [2.75, 3.05) is 0 Å². The number of allylic oxidation sites excluding steroid dienone is 1. The molecule has 0 aromatic heterocycles. The van der Waals surface area contributed by atoms with Crippen LogP contribution in [0.15, 0.2) is 35.7 Å². The predicted octanol–water partition coefficient (Wildman–Crippen LogP) is 1.25. The van der Waals surface area contributed by atoms with Crippen LogP contribution in [-0.2, 0) is 0 Å². The lowest BCUT2D eigenvalue weighted by molar-refractivity contribution is -0.432. The van der Waals surface area contributed by atoms with Gasteiger partial charge in [0.15, 0.2) is 0 Å². The molecule has 0 fully saturated rings. The third-order valence-corrected chi connectivity index (χ3v) is 2.66. The van der Waals surface area contributed by atoms with E-state index in [0.717, 1.165) is 0 Å². The first-order valence-corrected chi connectivity index (χ1v) is 5.20. The van der Waals surface area contributed by atoms with Crippen LogP contribution in [0.2, 0.25) is 0 Å². The molecule has 2 amide bonds. The maximum atomic E-state index is 11.4. The molecule has 3 N–H and O–H groups in total. The number of nitrogens with one attached hydrogen (secondary N) is 2. The third-order valence-electron chi connectivity index (χ3n) is 2.66. The Bertz CT molecular complexity index is 536. The van der Waals surface area contributed by atoms with Crippen LogP contribution >= 0.6 is 0 Å². The maximum Gasteiger partial charge on any atom is 0.320 e. The van der Waals surface area contributed by atoms with Gasteiger partial charge in [0.1, 0.15) is 11.8 Å². The molecule has 0 saturated carbocycles. The minimum atomic E-state index is -0.825. The summed E-state index contributed by atoms with van der Waals surface area (Å²) in [5.74, 6) is 0.0577. The lowest BCUT2D eigenvalue weighted by atomic mass is 10.0. The van der Waals surface area contributed by atoms with Gasteiger partial charge in [-0.15, -0.1) is 0 Å². The topological polar surface area (TPSA) is 104 Å². The molecule has 0 spiro atoms. The van der Waals surface area contributed by atoms with Crippen molar-refractivity contribution in [2.45, 2.75) is 13.0 Å². The second-order valence-corrected chi connectivity index (χ2v) is 3.89. The molecule has 2 rings (SSSR count). The SMILES string of the molecule is CC1=C([N+](=O)[O-])C(c2ccc(O)cc2)NC(=O)N1. The van der Waals surface area contributed by atoms with Gasteiger partial charge >= 0.3 is 6.03 Å². The molecule has 94 valence electrons. The fourth-order valence-electron chi connectivity index (χ4n) is 1.84. The first kappa shape index (κ1) is 11.9. The molecular formula is C11H11N3O4. The molecular weight excluding hydrogens is 238 g/mol. The van der Waals surface area contributed by atoms with Gasteiger partial charge in [0.2, 0.25) is 0 Å². The van der Waals surface area contributed by atoms with Crippen molar-refractivity contribution in [3.63, 3.8) is 0 Å². The number of urea groups is 1. The quantitative estimate of drug-likeness (QED) is 0.542. The zero-order chi connectivity index (χ0) is 13.3. The Morgan fingerprint density at radius 1 is 1.33 bits per heavy atom. The zero-order valence-electron chi connectivity index (χ0n) is 9.51. The summed E-state index contributed by atoms with van der Waals surface area (Å²) in [6, 6.07) is 4.57. The number of phenolic OH excluding ortho intramolecular Hbond substituents is 1. The average molecular weight is 249 g/mol. The minimum absolute atomic E-state index is 0.0577. The summed E-state index contributed by atoms with van der Waals surface area (Å²) in [6.45, 7) is 1.48. The van der Waals surface area contributed by atoms with Gasteiger partial charge in [0, 0.05) is 0 Å². The number of aromatic hydroxyl groups is 1. The van der Waals surface area contributed by atoms with Crippen molar-refractivity contribution in [2.24, 2.45) is 0 Å². The Labute approximate surface area is 102 Å². The molecule has 7 heteroatoms. The molecule has 18 heavy (non-hydrogen) atoms. The fourth-order valence-corrected chi connectivity index (χ4v) is 1.84. The number of rotatable bonds is 2. The van der Waals surface area contributed by atoms with Crippen LogP contribution in [-0.4, -0.2) is 16.1 Å². The molecule has 1 aromatic rings. The highest BCUT2D eigenvalue weighted by Crippen LogP contribution is 2.27. The molecule has 0 bridgehead atoms. The molecule has 0 saturated heterocycles. The van der Waals surface area contributed by atoms with Gasteiger partial charge < -0.3 is 15.7 Å². The lowest BCUT2D eigenvalue weighted by Crippen LogP contribution is -2.44. The fraction of sp³-hybridized carbons (Fsp3) is 0.182. The summed E-state index contributed by atoms with van der Waals surface area (Å²) in [4.78, 5) is 21.9. The van der Waals surface area contributed by atoms with Gasteiger partial charge in [-0.2, -0.15) is 0 Å². The van der Waals surface area contributed by atoms with E-state index in [0.29, 0.717) is 5.56 Å². The van der Waals surface area contributed by atoms with Crippen LogP contribution in [0.1, 0.15) is 18.5 Å². The Morgan fingerprint density at radius 2 is 1.94 bits per heavy atom. The highest BCUT2D eigenvalue weighted by Gasteiger charge is 2.35. The van der Waals surface area contributed by atoms with Crippen LogP contribution in [0.4, 0.5) is 4.79 Å². The van der Waals surface area contributed by atoms with Gasteiger partial charge in [-0.3, -0.25) is 10.1 Å². The van der Waals surface area contributed by atoms with Crippen LogP contribution in [0, 0.1) is 10.1 Å². The van der Waals surface area contributed by atoms with Crippen molar-refractivity contribution in [3.05, 3.63) is 51.3 Å². The second kappa shape index (κ2) is 4.36. The van der Waals surface area contributed by atoms with Crippen molar-refractivity contribution in [1.29, 1.82) is 0 Å². The van der Waals surface area contributed by atoms with E-state index in [1.807, 2.05) is 0 Å². The van der Waals surface area contributed by atoms with Crippen LogP contribution < -0.4 is 10.6 Å². The molecule has 0 aliphatic carbocycles. The van der Waals surface area contributed by atoms with E-state index < -0.39 is 17.0 Å². The van der Waals surface area contributed by atoms with Crippen molar-refractivity contribution < 1.29 is 14.8 Å². The number of carbonyl (C=O) groups excluding carboxylic acids is 1. The Hall–Kier alpha value is -2.57. The molecule has 1 heterocycles. The first-order valence-electron chi connectivity index (χ1n) is 5.20. The molecule has 1 aromatic carbocycles.